The number of amidine groups is 1. The number of aryl methyl sites for hydroxylation is 1. The number of nitrogens with zero attached hydrogens (tertiary/aromatic N) is 2. The maximum absolute atomic E-state index is 12.2. The second-order valence-corrected chi connectivity index (χ2v) is 6.42. The SMILES string of the molecule is CCn1c(C)cc(/C=C2/SC(=Nc3ccccc3)NC2=O)c1C. The molecule has 0 saturated carbocycles. The van der Waals surface area contributed by atoms with Gasteiger partial charge in [0.25, 0.3) is 5.91 Å². The zero-order valence-corrected chi connectivity index (χ0v) is 14.3. The van der Waals surface area contributed by atoms with Crippen LogP contribution < -0.4 is 5.32 Å². The van der Waals surface area contributed by atoms with Crippen molar-refractivity contribution >= 4 is 34.6 Å². The van der Waals surface area contributed by atoms with E-state index in [2.05, 4.69) is 41.7 Å². The highest BCUT2D eigenvalue weighted by Crippen LogP contribution is 2.29. The maximum Gasteiger partial charge on any atom is 0.264 e. The van der Waals surface area contributed by atoms with E-state index in [4.69, 9.17) is 0 Å². The van der Waals surface area contributed by atoms with Gasteiger partial charge in [0.15, 0.2) is 5.17 Å². The minimum absolute atomic E-state index is 0.0917. The van der Waals surface area contributed by atoms with Crippen LogP contribution in [0, 0.1) is 13.8 Å². The van der Waals surface area contributed by atoms with E-state index in [0.717, 1.165) is 17.8 Å². The van der Waals surface area contributed by atoms with Gasteiger partial charge in [-0.05, 0) is 62.4 Å². The number of aliphatic imine (C=N–C) groups is 1. The van der Waals surface area contributed by atoms with Crippen molar-refractivity contribution in [2.75, 3.05) is 0 Å². The Kier molecular flexibility index (Phi) is 4.39. The van der Waals surface area contributed by atoms with Crippen molar-refractivity contribution in [3.63, 3.8) is 0 Å². The zero-order valence-electron chi connectivity index (χ0n) is 13.5. The van der Waals surface area contributed by atoms with Crippen molar-refractivity contribution in [3.05, 3.63) is 58.3 Å². The highest BCUT2D eigenvalue weighted by Gasteiger charge is 2.24. The van der Waals surface area contributed by atoms with Crippen LogP contribution in [0.25, 0.3) is 6.08 Å². The van der Waals surface area contributed by atoms with Gasteiger partial charge in [-0.1, -0.05) is 18.2 Å². The lowest BCUT2D eigenvalue weighted by molar-refractivity contribution is -0.115. The molecule has 4 nitrogen and oxygen atoms in total. The molecular weight excluding hydrogens is 306 g/mol. The van der Waals surface area contributed by atoms with Crippen molar-refractivity contribution in [2.24, 2.45) is 4.99 Å². The first-order valence-corrected chi connectivity index (χ1v) is 8.41. The van der Waals surface area contributed by atoms with Gasteiger partial charge in [0, 0.05) is 17.9 Å². The molecule has 1 fully saturated rings. The van der Waals surface area contributed by atoms with Crippen molar-refractivity contribution in [1.82, 2.24) is 9.88 Å². The molecule has 118 valence electrons. The molecule has 1 N–H and O–H groups in total. The number of aromatic nitrogens is 1. The Balaban J connectivity index is 1.87. The Labute approximate surface area is 140 Å². The fourth-order valence-corrected chi connectivity index (χ4v) is 3.53. The first kappa shape index (κ1) is 15.6. The van der Waals surface area contributed by atoms with Gasteiger partial charge >= 0.3 is 0 Å². The molecule has 0 aliphatic carbocycles. The number of rotatable bonds is 3. The number of hydrogen-bond donors (Lipinski definition) is 1. The predicted octanol–water partition coefficient (Wildman–Crippen LogP) is 4.02. The van der Waals surface area contributed by atoms with Crippen LogP contribution in [0.2, 0.25) is 0 Å². The molecule has 0 bridgehead atoms. The molecule has 0 spiro atoms. The van der Waals surface area contributed by atoms with E-state index in [0.29, 0.717) is 10.1 Å². The van der Waals surface area contributed by atoms with Gasteiger partial charge in [-0.3, -0.25) is 4.79 Å². The van der Waals surface area contributed by atoms with Gasteiger partial charge in [-0.25, -0.2) is 4.99 Å². The summed E-state index contributed by atoms with van der Waals surface area (Å²) in [6.45, 7) is 7.22. The first-order chi connectivity index (χ1) is 11.1. The number of para-hydroxylation sites is 1. The number of carbonyl (C=O) groups excluding carboxylic acids is 1. The third kappa shape index (κ3) is 3.24. The molecule has 0 atom stereocenters. The van der Waals surface area contributed by atoms with Crippen LogP contribution in [0.15, 0.2) is 46.3 Å². The fourth-order valence-electron chi connectivity index (χ4n) is 2.70. The molecule has 1 aromatic heterocycles. The minimum atomic E-state index is -0.0917. The van der Waals surface area contributed by atoms with Crippen LogP contribution in [0.3, 0.4) is 0 Å². The van der Waals surface area contributed by atoms with E-state index in [1.54, 1.807) is 0 Å². The Morgan fingerprint density at radius 1 is 1.26 bits per heavy atom. The van der Waals surface area contributed by atoms with Crippen molar-refractivity contribution in [3.8, 4) is 0 Å². The van der Waals surface area contributed by atoms with Crippen molar-refractivity contribution < 1.29 is 4.79 Å². The van der Waals surface area contributed by atoms with E-state index in [1.165, 1.54) is 23.1 Å². The molecule has 23 heavy (non-hydrogen) atoms. The highest BCUT2D eigenvalue weighted by atomic mass is 32.2. The van der Waals surface area contributed by atoms with Gasteiger partial charge in [0.05, 0.1) is 10.6 Å². The summed E-state index contributed by atoms with van der Waals surface area (Å²) in [6, 6.07) is 11.7. The van der Waals surface area contributed by atoms with E-state index in [-0.39, 0.29) is 5.91 Å². The highest BCUT2D eigenvalue weighted by molar-refractivity contribution is 8.18. The van der Waals surface area contributed by atoms with Crippen molar-refractivity contribution in [2.45, 2.75) is 27.3 Å². The summed E-state index contributed by atoms with van der Waals surface area (Å²) < 4.78 is 2.24. The van der Waals surface area contributed by atoms with E-state index in [1.807, 2.05) is 36.4 Å². The molecule has 1 saturated heterocycles. The lowest BCUT2D eigenvalue weighted by Gasteiger charge is -2.04. The largest absolute Gasteiger partial charge is 0.349 e. The number of hydrogen-bond acceptors (Lipinski definition) is 3. The smallest absolute Gasteiger partial charge is 0.264 e. The third-order valence-electron chi connectivity index (χ3n) is 3.85. The van der Waals surface area contributed by atoms with Crippen LogP contribution in [0.1, 0.15) is 23.9 Å². The Bertz CT molecular complexity index is 803. The number of nitrogens with one attached hydrogen (secondary N) is 1. The van der Waals surface area contributed by atoms with E-state index >= 15 is 0 Å². The summed E-state index contributed by atoms with van der Waals surface area (Å²) in [4.78, 5) is 17.3. The molecule has 5 heteroatoms. The summed E-state index contributed by atoms with van der Waals surface area (Å²) in [5.41, 5.74) is 4.31. The lowest BCUT2D eigenvalue weighted by Crippen LogP contribution is -2.19. The van der Waals surface area contributed by atoms with Crippen LogP contribution >= 0.6 is 11.8 Å². The number of benzene rings is 1. The molecule has 1 amide bonds. The minimum Gasteiger partial charge on any atom is -0.349 e. The molecule has 2 heterocycles. The normalized spacial score (nSPS) is 18.0. The quantitative estimate of drug-likeness (QED) is 0.867. The number of amides is 1. The predicted molar refractivity (Wildman–Crippen MR) is 96.8 cm³/mol. The molecule has 1 aliphatic rings. The molecular formula is C18H19N3OS. The summed E-state index contributed by atoms with van der Waals surface area (Å²) in [7, 11) is 0. The number of thioether (sulfide) groups is 1. The molecule has 2 aromatic rings. The topological polar surface area (TPSA) is 46.4 Å². The van der Waals surface area contributed by atoms with Crippen molar-refractivity contribution in [1.29, 1.82) is 0 Å². The maximum atomic E-state index is 12.2. The fraction of sp³-hybridized carbons (Fsp3) is 0.222. The molecule has 3 rings (SSSR count). The third-order valence-corrected chi connectivity index (χ3v) is 4.76. The summed E-state index contributed by atoms with van der Waals surface area (Å²) in [6.07, 6.45) is 1.95. The summed E-state index contributed by atoms with van der Waals surface area (Å²) in [5.74, 6) is -0.0917. The summed E-state index contributed by atoms with van der Waals surface area (Å²) >= 11 is 1.38. The lowest BCUT2D eigenvalue weighted by atomic mass is 10.2. The van der Waals surface area contributed by atoms with Gasteiger partial charge in [-0.15, -0.1) is 0 Å². The van der Waals surface area contributed by atoms with Gasteiger partial charge in [0.2, 0.25) is 0 Å². The molecule has 1 aromatic carbocycles. The van der Waals surface area contributed by atoms with Gasteiger partial charge in [-0.2, -0.15) is 0 Å². The van der Waals surface area contributed by atoms with Crippen LogP contribution in [0.4, 0.5) is 5.69 Å². The Morgan fingerprint density at radius 2 is 2.00 bits per heavy atom. The van der Waals surface area contributed by atoms with Crippen LogP contribution in [0.5, 0.6) is 0 Å². The van der Waals surface area contributed by atoms with E-state index < -0.39 is 0 Å². The van der Waals surface area contributed by atoms with Crippen LogP contribution in [-0.4, -0.2) is 15.6 Å². The van der Waals surface area contributed by atoms with Gasteiger partial charge < -0.3 is 9.88 Å². The average molecular weight is 325 g/mol. The van der Waals surface area contributed by atoms with Gasteiger partial charge in [0.1, 0.15) is 0 Å². The molecule has 0 unspecified atom stereocenters. The first-order valence-electron chi connectivity index (χ1n) is 7.60. The second kappa shape index (κ2) is 6.46. The zero-order chi connectivity index (χ0) is 16.4. The standard InChI is InChI=1S/C18H19N3OS/c1-4-21-12(2)10-14(13(21)3)11-16-17(22)20-18(23-16)19-15-8-6-5-7-9-15/h5-11H,4H2,1-3H3,(H,19,20,22)/b16-11+. The Morgan fingerprint density at radius 3 is 2.65 bits per heavy atom. The Hall–Kier alpha value is -2.27. The average Bonchev–Trinajstić information content (AvgIpc) is 3.00. The van der Waals surface area contributed by atoms with E-state index in [9.17, 15) is 4.79 Å². The van der Waals surface area contributed by atoms with Crippen LogP contribution in [-0.2, 0) is 11.3 Å². The molecule has 0 radical (unpaired) electrons. The second-order valence-electron chi connectivity index (χ2n) is 5.39. The number of carbonyl (C=O) groups is 1. The summed E-state index contributed by atoms with van der Waals surface area (Å²) in [5, 5.41) is 3.45. The molecule has 1 aliphatic heterocycles. The monoisotopic (exact) mass is 325 g/mol.